The lowest BCUT2D eigenvalue weighted by Crippen LogP contribution is -2.40. The van der Waals surface area contributed by atoms with Crippen LogP contribution in [0.5, 0.6) is 0 Å². The van der Waals surface area contributed by atoms with Crippen molar-refractivity contribution in [1.82, 2.24) is 24.5 Å². The minimum absolute atomic E-state index is 1.14. The van der Waals surface area contributed by atoms with E-state index in [1.54, 1.807) is 0 Å². The molecule has 0 bridgehead atoms. The minimum Gasteiger partial charge on any atom is -0.309 e. The maximum atomic E-state index is 2.59. The maximum absolute atomic E-state index is 2.59. The summed E-state index contributed by atoms with van der Waals surface area (Å²) in [4.78, 5) is 11.8. The summed E-state index contributed by atoms with van der Waals surface area (Å²) in [6.45, 7) is 9.28. The molecule has 0 saturated carbocycles. The van der Waals surface area contributed by atoms with E-state index >= 15 is 0 Å². The molecular formula is C16H39N5. The van der Waals surface area contributed by atoms with Gasteiger partial charge in [-0.05, 0) is 68.8 Å². The lowest BCUT2D eigenvalue weighted by atomic mass is 10.3. The molecule has 0 amide bonds. The topological polar surface area (TPSA) is 16.2 Å². The van der Waals surface area contributed by atoms with Gasteiger partial charge in [0, 0.05) is 39.3 Å². The van der Waals surface area contributed by atoms with Crippen molar-refractivity contribution in [2.24, 2.45) is 0 Å². The van der Waals surface area contributed by atoms with Crippen LogP contribution in [0.25, 0.3) is 0 Å². The summed E-state index contributed by atoms with van der Waals surface area (Å²) >= 11 is 0. The molecule has 0 radical (unpaired) electrons. The second-order valence-electron chi connectivity index (χ2n) is 6.91. The van der Waals surface area contributed by atoms with Gasteiger partial charge < -0.3 is 19.6 Å². The number of hydrogen-bond acceptors (Lipinski definition) is 5. The zero-order valence-corrected chi connectivity index (χ0v) is 15.6. The van der Waals surface area contributed by atoms with Crippen molar-refractivity contribution < 1.29 is 0 Å². The fraction of sp³-hybridized carbons (Fsp3) is 1.00. The Morgan fingerprint density at radius 1 is 0.429 bits per heavy atom. The third-order valence-electron chi connectivity index (χ3n) is 3.67. The highest BCUT2D eigenvalue weighted by atomic mass is 15.2. The van der Waals surface area contributed by atoms with E-state index in [2.05, 4.69) is 73.8 Å². The molecule has 0 unspecified atom stereocenters. The first-order valence-corrected chi connectivity index (χ1v) is 8.16. The third kappa shape index (κ3) is 14.5. The van der Waals surface area contributed by atoms with Crippen LogP contribution in [0.1, 0.15) is 6.42 Å². The molecule has 0 spiro atoms. The van der Waals surface area contributed by atoms with E-state index in [0.29, 0.717) is 0 Å². The number of nitrogens with zero attached hydrogens (tertiary/aromatic N) is 5. The van der Waals surface area contributed by atoms with Gasteiger partial charge in [0.2, 0.25) is 0 Å². The van der Waals surface area contributed by atoms with E-state index in [1.807, 2.05) is 0 Å². The Hall–Kier alpha value is -0.200. The van der Waals surface area contributed by atoms with Gasteiger partial charge in [-0.2, -0.15) is 0 Å². The van der Waals surface area contributed by atoms with Crippen LogP contribution >= 0.6 is 0 Å². The van der Waals surface area contributed by atoms with Crippen molar-refractivity contribution in [3.63, 3.8) is 0 Å². The summed E-state index contributed by atoms with van der Waals surface area (Å²) in [5.41, 5.74) is 0. The molecule has 0 aromatic rings. The molecule has 128 valence electrons. The standard InChI is InChI=1S/C16H39N5/c1-17(2)9-8-10-20(7)13-16-21(14-11-18(3)4)15-12-19(5)6/h8-16H2,1-7H3. The molecule has 21 heavy (non-hydrogen) atoms. The molecule has 0 N–H and O–H groups in total. The van der Waals surface area contributed by atoms with E-state index in [0.717, 1.165) is 32.7 Å². The second kappa shape index (κ2) is 12.4. The Kier molecular flexibility index (Phi) is 12.2. The van der Waals surface area contributed by atoms with Crippen molar-refractivity contribution >= 4 is 0 Å². The molecule has 0 atom stereocenters. The van der Waals surface area contributed by atoms with Crippen LogP contribution in [0.3, 0.4) is 0 Å². The van der Waals surface area contributed by atoms with Gasteiger partial charge in [-0.25, -0.2) is 0 Å². The van der Waals surface area contributed by atoms with Crippen LogP contribution in [-0.2, 0) is 0 Å². The van der Waals surface area contributed by atoms with E-state index < -0.39 is 0 Å². The maximum Gasteiger partial charge on any atom is 0.0110 e. The first kappa shape index (κ1) is 20.8. The summed E-state index contributed by atoms with van der Waals surface area (Å²) in [5, 5.41) is 0. The van der Waals surface area contributed by atoms with Crippen LogP contribution in [0.4, 0.5) is 0 Å². The van der Waals surface area contributed by atoms with Crippen molar-refractivity contribution in [3.05, 3.63) is 0 Å². The predicted octanol–water partition coefficient (Wildman–Crippen LogP) is 0.295. The zero-order chi connectivity index (χ0) is 16.3. The molecule has 5 nitrogen and oxygen atoms in total. The fourth-order valence-electron chi connectivity index (χ4n) is 2.10. The van der Waals surface area contributed by atoms with Gasteiger partial charge in [-0.15, -0.1) is 0 Å². The van der Waals surface area contributed by atoms with Gasteiger partial charge in [0.1, 0.15) is 0 Å². The Balaban J connectivity index is 3.96. The molecule has 0 rings (SSSR count). The van der Waals surface area contributed by atoms with Gasteiger partial charge in [0.05, 0.1) is 0 Å². The third-order valence-corrected chi connectivity index (χ3v) is 3.67. The number of likely N-dealkylation sites (N-methyl/N-ethyl adjacent to an activating group) is 3. The molecule has 0 heterocycles. The van der Waals surface area contributed by atoms with E-state index in [1.165, 1.54) is 26.1 Å². The van der Waals surface area contributed by atoms with Crippen molar-refractivity contribution in [1.29, 1.82) is 0 Å². The first-order valence-electron chi connectivity index (χ1n) is 8.16. The van der Waals surface area contributed by atoms with Gasteiger partial charge in [0.15, 0.2) is 0 Å². The molecule has 0 aliphatic rings. The van der Waals surface area contributed by atoms with Crippen molar-refractivity contribution in [3.8, 4) is 0 Å². The van der Waals surface area contributed by atoms with Crippen LogP contribution in [0, 0.1) is 0 Å². The Bertz CT molecular complexity index is 219. The Morgan fingerprint density at radius 2 is 0.857 bits per heavy atom. The lowest BCUT2D eigenvalue weighted by Gasteiger charge is -2.28. The molecule has 0 saturated heterocycles. The molecule has 0 aliphatic carbocycles. The van der Waals surface area contributed by atoms with Gasteiger partial charge in [0.25, 0.3) is 0 Å². The largest absolute Gasteiger partial charge is 0.309 e. The Labute approximate surface area is 133 Å². The quantitative estimate of drug-likeness (QED) is 0.485. The highest BCUT2D eigenvalue weighted by molar-refractivity contribution is 4.64. The van der Waals surface area contributed by atoms with Gasteiger partial charge >= 0.3 is 0 Å². The van der Waals surface area contributed by atoms with Crippen molar-refractivity contribution in [2.75, 3.05) is 102 Å². The predicted molar refractivity (Wildman–Crippen MR) is 94.2 cm³/mol. The highest BCUT2D eigenvalue weighted by Gasteiger charge is 2.08. The van der Waals surface area contributed by atoms with Crippen LogP contribution < -0.4 is 0 Å². The minimum atomic E-state index is 1.14. The summed E-state index contributed by atoms with van der Waals surface area (Å²) in [6, 6.07) is 0. The molecular weight excluding hydrogens is 262 g/mol. The molecule has 0 aliphatic heterocycles. The van der Waals surface area contributed by atoms with E-state index in [4.69, 9.17) is 0 Å². The smallest absolute Gasteiger partial charge is 0.0110 e. The molecule has 0 aromatic heterocycles. The SMILES string of the molecule is CN(C)CCCN(C)CCN(CCN(C)C)CCN(C)C. The normalized spacial score (nSPS) is 12.6. The zero-order valence-electron chi connectivity index (χ0n) is 15.6. The molecule has 0 fully saturated rings. The second-order valence-corrected chi connectivity index (χ2v) is 6.91. The van der Waals surface area contributed by atoms with Crippen molar-refractivity contribution in [2.45, 2.75) is 6.42 Å². The summed E-state index contributed by atoms with van der Waals surface area (Å²) in [7, 11) is 15.1. The molecule has 5 heteroatoms. The fourth-order valence-corrected chi connectivity index (χ4v) is 2.10. The van der Waals surface area contributed by atoms with E-state index in [9.17, 15) is 0 Å². The van der Waals surface area contributed by atoms with Crippen LogP contribution in [0.2, 0.25) is 0 Å². The van der Waals surface area contributed by atoms with Gasteiger partial charge in [-0.1, -0.05) is 0 Å². The van der Waals surface area contributed by atoms with Crippen LogP contribution in [0.15, 0.2) is 0 Å². The number of rotatable bonds is 13. The van der Waals surface area contributed by atoms with E-state index in [-0.39, 0.29) is 0 Å². The van der Waals surface area contributed by atoms with Gasteiger partial charge in [-0.3, -0.25) is 4.90 Å². The Morgan fingerprint density at radius 3 is 1.29 bits per heavy atom. The lowest BCUT2D eigenvalue weighted by molar-refractivity contribution is 0.190. The summed E-state index contributed by atoms with van der Waals surface area (Å²) in [5.74, 6) is 0. The molecule has 0 aromatic carbocycles. The average molecular weight is 302 g/mol. The average Bonchev–Trinajstić information content (AvgIpc) is 2.36. The highest BCUT2D eigenvalue weighted by Crippen LogP contribution is 1.95. The number of hydrogen-bond donors (Lipinski definition) is 0. The monoisotopic (exact) mass is 301 g/mol. The first-order chi connectivity index (χ1) is 9.81. The summed E-state index contributed by atoms with van der Waals surface area (Å²) in [6.07, 6.45) is 1.25. The summed E-state index contributed by atoms with van der Waals surface area (Å²) < 4.78 is 0. The van der Waals surface area contributed by atoms with Crippen LogP contribution in [-0.4, -0.2) is 126 Å².